The number of nitrogens with one attached hydrogen (secondary N) is 1. The van der Waals surface area contributed by atoms with Crippen LogP contribution in [0.25, 0.3) is 6.08 Å². The van der Waals surface area contributed by atoms with E-state index in [2.05, 4.69) is 81.9 Å². The van der Waals surface area contributed by atoms with Crippen LogP contribution in [-0.4, -0.2) is 11.0 Å². The molecule has 0 aliphatic heterocycles. The van der Waals surface area contributed by atoms with Crippen LogP contribution in [0.4, 0.5) is 5.69 Å². The van der Waals surface area contributed by atoms with E-state index in [0.717, 1.165) is 0 Å². The fraction of sp³-hybridized carbons (Fsp3) is 0.222. The molecule has 3 rings (SSSR count). The maximum Gasteiger partial charge on any atom is -0.0149 e. The molecule has 110 valence electrons. The Morgan fingerprint density at radius 1 is 0.905 bits per heavy atom. The minimum Gasteiger partial charge on any atom is -0.0149 e. The summed E-state index contributed by atoms with van der Waals surface area (Å²) < 4.78 is 4.48. The number of rotatable bonds is 3. The first kappa shape index (κ1) is 16.3. The summed E-state index contributed by atoms with van der Waals surface area (Å²) in [6.45, 7) is 2.28. The van der Waals surface area contributed by atoms with Crippen LogP contribution in [0.5, 0.6) is 0 Å². The van der Waals surface area contributed by atoms with Gasteiger partial charge in [0.2, 0.25) is 0 Å². The van der Waals surface area contributed by atoms with Gasteiger partial charge in [0.25, 0.3) is 0 Å². The molecule has 0 fully saturated rings. The van der Waals surface area contributed by atoms with Crippen LogP contribution in [0.15, 0.2) is 60.2 Å². The molecule has 1 aliphatic rings. The molecule has 0 radical (unpaired) electrons. The third kappa shape index (κ3) is 3.23. The standard InChI is InChI=1S/C10H9.C6H6N.2CH3.H4Si.Ti/c1-8-6-9-4-2-3-5-10(9)7-8;7-6-4-2-1-3-5-6;;;;/h2-7H,1H3;1-5,7H;2*1H3;1H4;/q;-1;;;;+1. The predicted molar refractivity (Wildman–Crippen MR) is 96.0 cm³/mol. The van der Waals surface area contributed by atoms with E-state index in [-0.39, 0.29) is 11.0 Å². The van der Waals surface area contributed by atoms with Crippen molar-refractivity contribution in [2.75, 3.05) is 3.80 Å². The fourth-order valence-corrected chi connectivity index (χ4v) is 8.58. The summed E-state index contributed by atoms with van der Waals surface area (Å²) in [7, 11) is 0. The number of hydrogen-bond donors (Lipinski definition) is 1. The largest absolute Gasteiger partial charge is 0.0149 e. The monoisotopic (exact) mass is 331 g/mol. The number of hydrogen-bond acceptors (Lipinski definition) is 1. The summed E-state index contributed by atoms with van der Waals surface area (Å²) in [5, 5.41) is 4.94. The van der Waals surface area contributed by atoms with Gasteiger partial charge in [-0.25, -0.2) is 0 Å². The Morgan fingerprint density at radius 3 is 2.24 bits per heavy atom. The van der Waals surface area contributed by atoms with Crippen LogP contribution in [0.2, 0.25) is 10.5 Å². The maximum absolute atomic E-state index is 3.88. The van der Waals surface area contributed by atoms with E-state index in [9.17, 15) is 0 Å². The van der Waals surface area contributed by atoms with Crippen molar-refractivity contribution >= 4 is 22.7 Å². The second-order valence-corrected chi connectivity index (χ2v) is 12.8. The Labute approximate surface area is 136 Å². The molecule has 0 aromatic heterocycles. The van der Waals surface area contributed by atoms with Crippen molar-refractivity contribution in [3.8, 4) is 0 Å². The first-order valence-corrected chi connectivity index (χ1v) is 12.0. The third-order valence-corrected chi connectivity index (χ3v) is 9.02. The Hall–Kier alpha value is -1.09. The fourth-order valence-electron chi connectivity index (χ4n) is 3.40. The molecule has 21 heavy (non-hydrogen) atoms. The first-order chi connectivity index (χ1) is 9.58. The van der Waals surface area contributed by atoms with E-state index < -0.39 is 16.8 Å². The van der Waals surface area contributed by atoms with Crippen molar-refractivity contribution in [2.45, 2.75) is 21.6 Å². The molecule has 2 aromatic carbocycles. The minimum atomic E-state index is -2.21. The summed E-state index contributed by atoms with van der Waals surface area (Å²) in [6.07, 6.45) is 2.36. The van der Waals surface area contributed by atoms with Crippen LogP contribution in [0.3, 0.4) is 0 Å². The van der Waals surface area contributed by atoms with Crippen molar-refractivity contribution in [1.82, 2.24) is 0 Å². The summed E-state index contributed by atoms with van der Waals surface area (Å²) >= 11 is -2.21. The molecule has 0 amide bonds. The summed E-state index contributed by atoms with van der Waals surface area (Å²) in [5.74, 6) is 0. The van der Waals surface area contributed by atoms with Crippen LogP contribution in [0.1, 0.15) is 22.3 Å². The molecular formula is C18H25NSiTi. The number of allylic oxidation sites excluding steroid dienone is 1. The predicted octanol–water partition coefficient (Wildman–Crippen LogP) is 3.97. The average molecular weight is 331 g/mol. The second-order valence-electron chi connectivity index (χ2n) is 6.16. The molecule has 3 heteroatoms. The van der Waals surface area contributed by atoms with E-state index in [1.54, 1.807) is 0 Å². The number of fused-ring (bicyclic) bond motifs is 1. The molecule has 1 N–H and O–H groups in total. The number of anilines is 1. The van der Waals surface area contributed by atoms with Gasteiger partial charge in [-0.3, -0.25) is 0 Å². The maximum atomic E-state index is 3.88. The van der Waals surface area contributed by atoms with Gasteiger partial charge < -0.3 is 0 Å². The van der Waals surface area contributed by atoms with E-state index in [0.29, 0.717) is 4.22 Å². The third-order valence-electron chi connectivity index (χ3n) is 4.11. The van der Waals surface area contributed by atoms with Gasteiger partial charge in [0.15, 0.2) is 0 Å². The first-order valence-electron chi connectivity index (χ1n) is 7.18. The molecule has 1 aliphatic carbocycles. The zero-order valence-electron chi connectivity index (χ0n) is 12.4. The zero-order valence-corrected chi connectivity index (χ0v) is 13.9. The molecule has 1 nitrogen and oxygen atoms in total. The number of benzene rings is 2. The Kier molecular flexibility index (Phi) is 4.92. The summed E-state index contributed by atoms with van der Waals surface area (Å²) in [4.78, 5) is 0. The normalized spacial score (nSPS) is 16.7. The quantitative estimate of drug-likeness (QED) is 0.839. The van der Waals surface area contributed by atoms with Crippen LogP contribution in [0, 0.1) is 0 Å². The van der Waals surface area contributed by atoms with Crippen molar-refractivity contribution in [2.24, 2.45) is 0 Å². The number of para-hydroxylation sites is 1. The Balaban J connectivity index is 0.00000161. The van der Waals surface area contributed by atoms with Gasteiger partial charge in [0.1, 0.15) is 0 Å². The van der Waals surface area contributed by atoms with Crippen molar-refractivity contribution in [3.05, 3.63) is 71.3 Å². The Morgan fingerprint density at radius 2 is 1.52 bits per heavy atom. The van der Waals surface area contributed by atoms with Crippen LogP contribution >= 0.6 is 0 Å². The molecule has 2 aromatic rings. The average Bonchev–Trinajstić information content (AvgIpc) is 2.75. The summed E-state index contributed by atoms with van der Waals surface area (Å²) in [6, 6.07) is 19.5. The summed E-state index contributed by atoms with van der Waals surface area (Å²) in [5.41, 5.74) is 5.69. The molecule has 0 spiro atoms. The molecule has 1 atom stereocenters. The molecule has 0 saturated heterocycles. The molecule has 0 saturated carbocycles. The van der Waals surface area contributed by atoms with Gasteiger partial charge in [-0.05, 0) is 11.0 Å². The minimum absolute atomic E-state index is 0. The van der Waals surface area contributed by atoms with Gasteiger partial charge in [-0.2, -0.15) is 0 Å². The molecular weight excluding hydrogens is 306 g/mol. The van der Waals surface area contributed by atoms with Crippen LogP contribution in [-0.2, 0) is 16.8 Å². The van der Waals surface area contributed by atoms with E-state index in [1.807, 2.05) is 0 Å². The molecule has 0 bridgehead atoms. The van der Waals surface area contributed by atoms with Gasteiger partial charge in [-0.15, -0.1) is 0 Å². The van der Waals surface area contributed by atoms with Gasteiger partial charge in [-0.1, -0.05) is 0 Å². The SMILES string of the molecule is CC1=Cc2ccccc2[CH]1[Ti]([CH3])([CH3])[NH]c1ccccc1.[SiH4]. The van der Waals surface area contributed by atoms with Crippen molar-refractivity contribution < 1.29 is 16.8 Å². The van der Waals surface area contributed by atoms with Crippen molar-refractivity contribution in [1.29, 1.82) is 0 Å². The topological polar surface area (TPSA) is 12.0 Å². The van der Waals surface area contributed by atoms with E-state index >= 15 is 0 Å². The molecule has 1 unspecified atom stereocenters. The second kappa shape index (κ2) is 6.35. The van der Waals surface area contributed by atoms with Gasteiger partial charge in [0, 0.05) is 0 Å². The van der Waals surface area contributed by atoms with E-state index in [4.69, 9.17) is 0 Å². The van der Waals surface area contributed by atoms with Gasteiger partial charge in [0.05, 0.1) is 0 Å². The van der Waals surface area contributed by atoms with Gasteiger partial charge >= 0.3 is 125 Å². The van der Waals surface area contributed by atoms with Crippen LogP contribution < -0.4 is 3.80 Å². The Bertz CT molecular complexity index is 649. The smallest absolute Gasteiger partial charge is 0.0149 e. The van der Waals surface area contributed by atoms with Crippen molar-refractivity contribution in [3.63, 3.8) is 0 Å². The molecule has 0 heterocycles. The van der Waals surface area contributed by atoms with E-state index in [1.165, 1.54) is 22.4 Å². The zero-order chi connectivity index (χ0) is 14.2.